The van der Waals surface area contributed by atoms with Gasteiger partial charge in [-0.1, -0.05) is 37.6 Å². The average Bonchev–Trinajstić information content (AvgIpc) is 3.19. The molecule has 112 valence electrons. The van der Waals surface area contributed by atoms with E-state index >= 15 is 0 Å². The second-order valence-electron chi connectivity index (χ2n) is 6.65. The van der Waals surface area contributed by atoms with Gasteiger partial charge in [0.15, 0.2) is 0 Å². The summed E-state index contributed by atoms with van der Waals surface area (Å²) >= 11 is 6.01. The Morgan fingerprint density at radius 1 is 1.20 bits per heavy atom. The van der Waals surface area contributed by atoms with Gasteiger partial charge in [0.1, 0.15) is 0 Å². The van der Waals surface area contributed by atoms with E-state index < -0.39 is 0 Å². The van der Waals surface area contributed by atoms with Gasteiger partial charge in [-0.15, -0.1) is 0 Å². The topological polar surface area (TPSA) is 15.3 Å². The molecule has 0 aliphatic heterocycles. The van der Waals surface area contributed by atoms with Gasteiger partial charge in [0.2, 0.25) is 0 Å². The van der Waals surface area contributed by atoms with E-state index in [4.69, 9.17) is 11.6 Å². The number of halogens is 1. The summed E-state index contributed by atoms with van der Waals surface area (Å²) in [6.07, 6.45) is 2.68. The van der Waals surface area contributed by atoms with Gasteiger partial charge >= 0.3 is 0 Å². The van der Waals surface area contributed by atoms with Crippen LogP contribution in [0.5, 0.6) is 0 Å². The van der Waals surface area contributed by atoms with Gasteiger partial charge in [-0.2, -0.15) is 0 Å². The van der Waals surface area contributed by atoms with Crippen molar-refractivity contribution < 1.29 is 0 Å². The van der Waals surface area contributed by atoms with E-state index in [1.807, 2.05) is 12.1 Å². The Labute approximate surface area is 128 Å². The summed E-state index contributed by atoms with van der Waals surface area (Å²) < 4.78 is 0. The lowest BCUT2D eigenvalue weighted by Crippen LogP contribution is -2.44. The summed E-state index contributed by atoms with van der Waals surface area (Å²) in [6, 6.07) is 9.34. The third-order valence-electron chi connectivity index (χ3n) is 4.08. The molecular formula is C17H27ClN2. The van der Waals surface area contributed by atoms with Gasteiger partial charge in [0.05, 0.1) is 0 Å². The van der Waals surface area contributed by atoms with Crippen molar-refractivity contribution in [2.45, 2.75) is 38.8 Å². The van der Waals surface area contributed by atoms with E-state index in [0.29, 0.717) is 18.0 Å². The van der Waals surface area contributed by atoms with Crippen LogP contribution >= 0.6 is 11.6 Å². The Kier molecular flexibility index (Phi) is 5.48. The number of hydrogen-bond acceptors (Lipinski definition) is 2. The third-order valence-corrected chi connectivity index (χ3v) is 4.33. The van der Waals surface area contributed by atoms with E-state index in [1.54, 1.807) is 0 Å². The summed E-state index contributed by atoms with van der Waals surface area (Å²) in [7, 11) is 4.29. The maximum atomic E-state index is 6.01. The zero-order chi connectivity index (χ0) is 14.7. The van der Waals surface area contributed by atoms with Crippen LogP contribution in [0.1, 0.15) is 38.3 Å². The minimum Gasteiger partial charge on any atom is -0.308 e. The van der Waals surface area contributed by atoms with Crippen LogP contribution in [-0.4, -0.2) is 31.6 Å². The molecule has 1 aliphatic rings. The normalized spacial score (nSPS) is 18.6. The SMILES string of the molecule is CC(C)C(CN(C)C)NC(c1ccc(Cl)cc1)C1CC1. The molecule has 0 bridgehead atoms. The molecule has 0 spiro atoms. The highest BCUT2D eigenvalue weighted by Crippen LogP contribution is 2.41. The van der Waals surface area contributed by atoms with E-state index in [2.05, 4.69) is 50.3 Å². The first kappa shape index (κ1) is 15.8. The number of rotatable bonds is 7. The Balaban J connectivity index is 2.10. The van der Waals surface area contributed by atoms with Crippen molar-refractivity contribution in [3.63, 3.8) is 0 Å². The van der Waals surface area contributed by atoms with Crippen LogP contribution in [0, 0.1) is 11.8 Å². The lowest BCUT2D eigenvalue weighted by atomic mass is 9.97. The summed E-state index contributed by atoms with van der Waals surface area (Å²) in [6.45, 7) is 5.68. The third kappa shape index (κ3) is 4.47. The van der Waals surface area contributed by atoms with Crippen molar-refractivity contribution in [2.75, 3.05) is 20.6 Å². The van der Waals surface area contributed by atoms with E-state index in [-0.39, 0.29) is 0 Å². The minimum absolute atomic E-state index is 0.472. The molecule has 0 heterocycles. The molecule has 2 unspecified atom stereocenters. The van der Waals surface area contributed by atoms with E-state index in [9.17, 15) is 0 Å². The van der Waals surface area contributed by atoms with Crippen molar-refractivity contribution in [3.8, 4) is 0 Å². The fraction of sp³-hybridized carbons (Fsp3) is 0.647. The standard InChI is InChI=1S/C17H27ClN2/c1-12(2)16(11-20(3)4)19-17(13-5-6-13)14-7-9-15(18)10-8-14/h7-10,12-13,16-17,19H,5-6,11H2,1-4H3. The van der Waals surface area contributed by atoms with Crippen molar-refractivity contribution >= 4 is 11.6 Å². The predicted molar refractivity (Wildman–Crippen MR) is 87.2 cm³/mol. The van der Waals surface area contributed by atoms with Crippen LogP contribution in [0.3, 0.4) is 0 Å². The summed E-state index contributed by atoms with van der Waals surface area (Å²) in [5.74, 6) is 1.42. The maximum absolute atomic E-state index is 6.01. The molecule has 1 saturated carbocycles. The Hall–Kier alpha value is -0.570. The van der Waals surface area contributed by atoms with Crippen LogP contribution in [-0.2, 0) is 0 Å². The molecule has 0 radical (unpaired) electrons. The largest absolute Gasteiger partial charge is 0.308 e. The first-order valence-corrected chi connectivity index (χ1v) is 8.01. The number of nitrogens with one attached hydrogen (secondary N) is 1. The first-order chi connectivity index (χ1) is 9.47. The molecule has 1 aliphatic carbocycles. The Bertz CT molecular complexity index is 410. The van der Waals surface area contributed by atoms with Crippen molar-refractivity contribution in [1.29, 1.82) is 0 Å². The van der Waals surface area contributed by atoms with Crippen molar-refractivity contribution in [3.05, 3.63) is 34.9 Å². The molecule has 0 aromatic heterocycles. The van der Waals surface area contributed by atoms with Gasteiger partial charge in [0, 0.05) is 23.7 Å². The molecule has 2 rings (SSSR count). The van der Waals surface area contributed by atoms with E-state index in [1.165, 1.54) is 18.4 Å². The monoisotopic (exact) mass is 294 g/mol. The van der Waals surface area contributed by atoms with Crippen LogP contribution in [0.2, 0.25) is 5.02 Å². The zero-order valence-corrected chi connectivity index (χ0v) is 13.8. The van der Waals surface area contributed by atoms with Crippen LogP contribution in [0.25, 0.3) is 0 Å². The molecule has 2 atom stereocenters. The van der Waals surface area contributed by atoms with Crippen molar-refractivity contribution in [1.82, 2.24) is 10.2 Å². The maximum Gasteiger partial charge on any atom is 0.0406 e. The van der Waals surface area contributed by atoms with Gasteiger partial charge in [-0.3, -0.25) is 0 Å². The Morgan fingerprint density at radius 2 is 1.80 bits per heavy atom. The molecule has 1 N–H and O–H groups in total. The predicted octanol–water partition coefficient (Wildman–Crippen LogP) is 3.97. The molecule has 0 saturated heterocycles. The van der Waals surface area contributed by atoms with Crippen LogP contribution < -0.4 is 5.32 Å². The minimum atomic E-state index is 0.472. The molecule has 2 nitrogen and oxygen atoms in total. The number of nitrogens with zero attached hydrogens (tertiary/aromatic N) is 1. The van der Waals surface area contributed by atoms with Gasteiger partial charge in [0.25, 0.3) is 0 Å². The van der Waals surface area contributed by atoms with Gasteiger partial charge in [-0.05, 0) is 56.5 Å². The van der Waals surface area contributed by atoms with Crippen LogP contribution in [0.4, 0.5) is 0 Å². The second-order valence-corrected chi connectivity index (χ2v) is 7.08. The highest BCUT2D eigenvalue weighted by molar-refractivity contribution is 6.30. The van der Waals surface area contributed by atoms with Crippen LogP contribution in [0.15, 0.2) is 24.3 Å². The molecule has 1 fully saturated rings. The highest BCUT2D eigenvalue weighted by Gasteiger charge is 2.34. The first-order valence-electron chi connectivity index (χ1n) is 7.63. The second kappa shape index (κ2) is 6.93. The van der Waals surface area contributed by atoms with E-state index in [0.717, 1.165) is 17.5 Å². The fourth-order valence-corrected chi connectivity index (χ4v) is 2.81. The quantitative estimate of drug-likeness (QED) is 0.819. The fourth-order valence-electron chi connectivity index (χ4n) is 2.68. The summed E-state index contributed by atoms with van der Waals surface area (Å²) in [4.78, 5) is 2.27. The zero-order valence-electron chi connectivity index (χ0n) is 13.1. The smallest absolute Gasteiger partial charge is 0.0406 e. The molecule has 1 aromatic carbocycles. The molecule has 0 amide bonds. The van der Waals surface area contributed by atoms with Crippen molar-refractivity contribution in [2.24, 2.45) is 11.8 Å². The average molecular weight is 295 g/mol. The Morgan fingerprint density at radius 3 is 2.25 bits per heavy atom. The number of benzene rings is 1. The number of likely N-dealkylation sites (N-methyl/N-ethyl adjacent to an activating group) is 1. The lowest BCUT2D eigenvalue weighted by Gasteiger charge is -2.31. The number of hydrogen-bond donors (Lipinski definition) is 1. The molecule has 20 heavy (non-hydrogen) atoms. The molecule has 3 heteroatoms. The van der Waals surface area contributed by atoms with Gasteiger partial charge < -0.3 is 10.2 Å². The molecular weight excluding hydrogens is 268 g/mol. The summed E-state index contributed by atoms with van der Waals surface area (Å²) in [5.41, 5.74) is 1.38. The molecule has 1 aromatic rings. The summed E-state index contributed by atoms with van der Waals surface area (Å²) in [5, 5.41) is 4.71. The lowest BCUT2D eigenvalue weighted by molar-refractivity contribution is 0.260. The van der Waals surface area contributed by atoms with Gasteiger partial charge in [-0.25, -0.2) is 0 Å². The highest BCUT2D eigenvalue weighted by atomic mass is 35.5.